The van der Waals surface area contributed by atoms with Gasteiger partial charge >= 0.3 is 0 Å². The molecule has 4 nitrogen and oxygen atoms in total. The van der Waals surface area contributed by atoms with E-state index in [4.69, 9.17) is 10.7 Å². The van der Waals surface area contributed by atoms with E-state index in [1.54, 1.807) is 0 Å². The van der Waals surface area contributed by atoms with Crippen LogP contribution >= 0.6 is 0 Å². The second kappa shape index (κ2) is 6.68. The summed E-state index contributed by atoms with van der Waals surface area (Å²) in [5.41, 5.74) is 8.49. The normalized spacial score (nSPS) is 11.4. The zero-order valence-electron chi connectivity index (χ0n) is 13.1. The van der Waals surface area contributed by atoms with Gasteiger partial charge in [0.1, 0.15) is 5.82 Å². The van der Waals surface area contributed by atoms with Crippen LogP contribution in [0.25, 0.3) is 11.3 Å². The van der Waals surface area contributed by atoms with Crippen LogP contribution in [0, 0.1) is 0 Å². The third-order valence-corrected chi connectivity index (χ3v) is 3.20. The van der Waals surface area contributed by atoms with E-state index in [1.165, 1.54) is 0 Å². The lowest BCUT2D eigenvalue weighted by atomic mass is 9.95. The predicted molar refractivity (Wildman–Crippen MR) is 88.3 cm³/mol. The van der Waals surface area contributed by atoms with Crippen molar-refractivity contribution >= 4 is 5.69 Å². The topological polar surface area (TPSA) is 63.8 Å². The number of nitrogens with zero attached hydrogens (tertiary/aromatic N) is 2. The van der Waals surface area contributed by atoms with Crippen molar-refractivity contribution in [3.8, 4) is 11.3 Å². The van der Waals surface area contributed by atoms with Crippen molar-refractivity contribution in [2.24, 2.45) is 5.73 Å². The molecule has 4 heteroatoms. The molecule has 0 spiro atoms. The Kier molecular flexibility index (Phi) is 4.91. The molecule has 1 aromatic heterocycles. The maximum Gasteiger partial charge on any atom is 0.134 e. The molecule has 0 unspecified atom stereocenters. The molecule has 21 heavy (non-hydrogen) atoms. The van der Waals surface area contributed by atoms with E-state index in [9.17, 15) is 0 Å². The molecule has 0 amide bonds. The van der Waals surface area contributed by atoms with Gasteiger partial charge in [-0.15, -0.1) is 0 Å². The number of rotatable bonds is 5. The first kappa shape index (κ1) is 15.4. The predicted octanol–water partition coefficient (Wildman–Crippen LogP) is 3.20. The molecule has 1 heterocycles. The first-order chi connectivity index (χ1) is 10.0. The number of anilines is 1. The second-order valence-corrected chi connectivity index (χ2v) is 6.14. The van der Waals surface area contributed by atoms with Gasteiger partial charge in [-0.05, 0) is 13.0 Å². The van der Waals surface area contributed by atoms with Gasteiger partial charge in [-0.1, -0.05) is 51.1 Å². The van der Waals surface area contributed by atoms with Crippen molar-refractivity contribution in [1.82, 2.24) is 9.97 Å². The minimum absolute atomic E-state index is 0.0701. The smallest absolute Gasteiger partial charge is 0.134 e. The van der Waals surface area contributed by atoms with Crippen LogP contribution in [0.15, 0.2) is 36.5 Å². The molecule has 0 saturated heterocycles. The fourth-order valence-electron chi connectivity index (χ4n) is 2.01. The summed E-state index contributed by atoms with van der Waals surface area (Å²) in [5.74, 6) is 0.853. The Morgan fingerprint density at radius 2 is 1.86 bits per heavy atom. The Labute approximate surface area is 126 Å². The highest BCUT2D eigenvalue weighted by Crippen LogP contribution is 2.28. The van der Waals surface area contributed by atoms with Crippen LogP contribution in [0.3, 0.4) is 0 Å². The van der Waals surface area contributed by atoms with E-state index < -0.39 is 0 Å². The fourth-order valence-corrected chi connectivity index (χ4v) is 2.01. The van der Waals surface area contributed by atoms with Crippen molar-refractivity contribution in [3.63, 3.8) is 0 Å². The van der Waals surface area contributed by atoms with Gasteiger partial charge in [-0.25, -0.2) is 9.97 Å². The summed E-state index contributed by atoms with van der Waals surface area (Å²) in [6, 6.07) is 10.2. The summed E-state index contributed by atoms with van der Waals surface area (Å²) in [6.07, 6.45) is 2.81. The molecule has 0 saturated carbocycles. The van der Waals surface area contributed by atoms with Crippen LogP contribution in [-0.2, 0) is 5.41 Å². The molecule has 0 fully saturated rings. The molecule has 2 aromatic rings. The van der Waals surface area contributed by atoms with Crippen LogP contribution in [-0.4, -0.2) is 23.1 Å². The highest BCUT2D eigenvalue weighted by molar-refractivity contribution is 5.73. The van der Waals surface area contributed by atoms with Crippen LogP contribution in [0.2, 0.25) is 0 Å². The highest BCUT2D eigenvalue weighted by atomic mass is 15.0. The molecule has 0 aliphatic heterocycles. The molecule has 0 aliphatic rings. The summed E-state index contributed by atoms with van der Waals surface area (Å²) in [4.78, 5) is 9.30. The molecule has 0 bridgehead atoms. The Hall–Kier alpha value is -1.94. The van der Waals surface area contributed by atoms with Crippen LogP contribution < -0.4 is 11.1 Å². The van der Waals surface area contributed by atoms with Gasteiger partial charge < -0.3 is 11.1 Å². The number of hydrogen-bond acceptors (Lipinski definition) is 4. The third-order valence-electron chi connectivity index (χ3n) is 3.20. The minimum Gasteiger partial charge on any atom is -0.382 e. The van der Waals surface area contributed by atoms with Gasteiger partial charge in [-0.2, -0.15) is 0 Å². The summed E-state index contributed by atoms with van der Waals surface area (Å²) < 4.78 is 0. The standard InChI is InChI=1S/C17H24N4/c1-17(2,3)16-20-12-14(19-11-7-10-18)15(21-16)13-8-5-4-6-9-13/h4-6,8-9,12,19H,7,10-11,18H2,1-3H3. The molecule has 2 rings (SSSR count). The van der Waals surface area contributed by atoms with E-state index in [-0.39, 0.29) is 5.41 Å². The molecule has 0 aliphatic carbocycles. The van der Waals surface area contributed by atoms with E-state index in [2.05, 4.69) is 43.2 Å². The van der Waals surface area contributed by atoms with Gasteiger partial charge in [0.05, 0.1) is 17.6 Å². The van der Waals surface area contributed by atoms with Gasteiger partial charge in [0, 0.05) is 17.5 Å². The molecule has 112 valence electrons. The average Bonchev–Trinajstić information content (AvgIpc) is 2.47. The largest absolute Gasteiger partial charge is 0.382 e. The van der Waals surface area contributed by atoms with E-state index in [0.29, 0.717) is 6.54 Å². The summed E-state index contributed by atoms with van der Waals surface area (Å²) in [6.45, 7) is 7.87. The highest BCUT2D eigenvalue weighted by Gasteiger charge is 2.19. The number of nitrogens with two attached hydrogens (primary N) is 1. The quantitative estimate of drug-likeness (QED) is 0.828. The molecular weight excluding hydrogens is 260 g/mol. The zero-order chi connectivity index (χ0) is 15.3. The van der Waals surface area contributed by atoms with E-state index >= 15 is 0 Å². The number of aromatic nitrogens is 2. The Bertz CT molecular complexity index is 573. The first-order valence-electron chi connectivity index (χ1n) is 7.39. The molecular formula is C17H24N4. The van der Waals surface area contributed by atoms with Crippen molar-refractivity contribution in [1.29, 1.82) is 0 Å². The maximum atomic E-state index is 5.55. The zero-order valence-corrected chi connectivity index (χ0v) is 13.1. The van der Waals surface area contributed by atoms with Crippen LogP contribution in [0.1, 0.15) is 33.0 Å². The summed E-state index contributed by atoms with van der Waals surface area (Å²) in [7, 11) is 0. The maximum absolute atomic E-state index is 5.55. The van der Waals surface area contributed by atoms with Crippen molar-refractivity contribution in [2.75, 3.05) is 18.4 Å². The van der Waals surface area contributed by atoms with Gasteiger partial charge in [0.2, 0.25) is 0 Å². The first-order valence-corrected chi connectivity index (χ1v) is 7.39. The number of nitrogens with one attached hydrogen (secondary N) is 1. The Morgan fingerprint density at radius 3 is 2.48 bits per heavy atom. The number of hydrogen-bond donors (Lipinski definition) is 2. The third kappa shape index (κ3) is 4.02. The lowest BCUT2D eigenvalue weighted by Gasteiger charge is -2.19. The minimum atomic E-state index is -0.0701. The molecule has 0 radical (unpaired) electrons. The number of benzene rings is 1. The molecule has 0 atom stereocenters. The van der Waals surface area contributed by atoms with Crippen molar-refractivity contribution in [2.45, 2.75) is 32.6 Å². The van der Waals surface area contributed by atoms with Gasteiger partial charge in [0.25, 0.3) is 0 Å². The summed E-state index contributed by atoms with van der Waals surface area (Å²) in [5, 5.41) is 3.39. The fraction of sp³-hybridized carbons (Fsp3) is 0.412. The van der Waals surface area contributed by atoms with E-state index in [0.717, 1.165) is 35.7 Å². The monoisotopic (exact) mass is 284 g/mol. The lowest BCUT2D eigenvalue weighted by molar-refractivity contribution is 0.546. The lowest BCUT2D eigenvalue weighted by Crippen LogP contribution is -2.17. The van der Waals surface area contributed by atoms with E-state index in [1.807, 2.05) is 24.4 Å². The Morgan fingerprint density at radius 1 is 1.14 bits per heavy atom. The molecule has 1 aromatic carbocycles. The summed E-state index contributed by atoms with van der Waals surface area (Å²) >= 11 is 0. The van der Waals surface area contributed by atoms with Gasteiger partial charge in [0.15, 0.2) is 0 Å². The Balaban J connectivity index is 2.41. The SMILES string of the molecule is CC(C)(C)c1ncc(NCCCN)c(-c2ccccc2)n1. The van der Waals surface area contributed by atoms with Crippen molar-refractivity contribution in [3.05, 3.63) is 42.4 Å². The van der Waals surface area contributed by atoms with Crippen molar-refractivity contribution < 1.29 is 0 Å². The van der Waals surface area contributed by atoms with Crippen LogP contribution in [0.4, 0.5) is 5.69 Å². The molecule has 3 N–H and O–H groups in total. The second-order valence-electron chi connectivity index (χ2n) is 6.14. The average molecular weight is 284 g/mol. The van der Waals surface area contributed by atoms with Gasteiger partial charge in [-0.3, -0.25) is 0 Å². The van der Waals surface area contributed by atoms with Crippen LogP contribution in [0.5, 0.6) is 0 Å².